The molecule has 1 rings (SSSR count). The summed E-state index contributed by atoms with van der Waals surface area (Å²) in [5, 5.41) is 3.28. The molecule has 0 aliphatic rings. The molecular formula is C14H25N3O2. The molecule has 0 amide bonds. The van der Waals surface area contributed by atoms with E-state index >= 15 is 0 Å². The molecule has 1 heterocycles. The molecule has 1 atom stereocenters. The number of pyridine rings is 1. The van der Waals surface area contributed by atoms with Gasteiger partial charge in [-0.1, -0.05) is 13.8 Å². The highest BCUT2D eigenvalue weighted by molar-refractivity contribution is 5.40. The Morgan fingerprint density at radius 1 is 1.32 bits per heavy atom. The van der Waals surface area contributed by atoms with Crippen molar-refractivity contribution in [1.29, 1.82) is 0 Å². The average Bonchev–Trinajstić information content (AvgIpc) is 2.42. The first-order chi connectivity index (χ1) is 9.10. The molecule has 0 radical (unpaired) electrons. The van der Waals surface area contributed by atoms with Gasteiger partial charge in [-0.2, -0.15) is 0 Å². The van der Waals surface area contributed by atoms with Gasteiger partial charge in [-0.05, 0) is 23.6 Å². The van der Waals surface area contributed by atoms with Crippen LogP contribution in [-0.4, -0.2) is 38.5 Å². The molecule has 108 valence electrons. The molecule has 0 saturated heterocycles. The minimum absolute atomic E-state index is 0.0100. The van der Waals surface area contributed by atoms with Gasteiger partial charge in [0.05, 0.1) is 12.7 Å². The van der Waals surface area contributed by atoms with Gasteiger partial charge in [0, 0.05) is 33.0 Å². The summed E-state index contributed by atoms with van der Waals surface area (Å²) in [4.78, 5) is 4.58. The van der Waals surface area contributed by atoms with Crippen LogP contribution in [0.25, 0.3) is 0 Å². The van der Waals surface area contributed by atoms with E-state index in [0.29, 0.717) is 25.6 Å². The predicted octanol–water partition coefficient (Wildman–Crippen LogP) is 1.74. The number of hydrogen-bond donors (Lipinski definition) is 2. The Labute approximate surface area is 115 Å². The zero-order chi connectivity index (χ0) is 14.3. The highest BCUT2D eigenvalue weighted by Crippen LogP contribution is 2.17. The maximum atomic E-state index is 5.72. The summed E-state index contributed by atoms with van der Waals surface area (Å²) in [6, 6.07) is 4.03. The predicted molar refractivity (Wildman–Crippen MR) is 77.4 cm³/mol. The number of nitrogens with two attached hydrogens (primary N) is 1. The van der Waals surface area contributed by atoms with Gasteiger partial charge in [-0.3, -0.25) is 0 Å². The second-order valence-electron chi connectivity index (χ2n) is 4.84. The molecule has 1 aromatic rings. The van der Waals surface area contributed by atoms with Gasteiger partial charge >= 0.3 is 0 Å². The van der Waals surface area contributed by atoms with Crippen LogP contribution in [0.2, 0.25) is 0 Å². The highest BCUT2D eigenvalue weighted by Gasteiger charge is 2.09. The zero-order valence-electron chi connectivity index (χ0n) is 12.3. The molecule has 1 aromatic heterocycles. The lowest BCUT2D eigenvalue weighted by atomic mass is 10.1. The second-order valence-corrected chi connectivity index (χ2v) is 4.84. The van der Waals surface area contributed by atoms with Crippen molar-refractivity contribution in [2.24, 2.45) is 5.73 Å². The van der Waals surface area contributed by atoms with Crippen molar-refractivity contribution in [3.8, 4) is 0 Å². The molecule has 5 nitrogen and oxygen atoms in total. The molecule has 1 unspecified atom stereocenters. The lowest BCUT2D eigenvalue weighted by molar-refractivity contribution is 0.0365. The van der Waals surface area contributed by atoms with Crippen molar-refractivity contribution in [3.63, 3.8) is 0 Å². The Kier molecular flexibility index (Phi) is 6.77. The Balaban J connectivity index is 2.73. The number of methoxy groups -OCH3 is 2. The summed E-state index contributed by atoms with van der Waals surface area (Å²) in [5.41, 5.74) is 7.85. The van der Waals surface area contributed by atoms with Crippen molar-refractivity contribution < 1.29 is 9.47 Å². The fourth-order valence-corrected chi connectivity index (χ4v) is 1.73. The summed E-state index contributed by atoms with van der Waals surface area (Å²) < 4.78 is 10.4. The molecule has 3 N–H and O–H groups in total. The standard InChI is InChI=1S/C14H25N3O2/c1-10(2)13-5-11(7-15)6-14(17-13)16-8-12(19-4)9-18-3/h5-6,10,12H,7-9,15H2,1-4H3,(H,16,17). The van der Waals surface area contributed by atoms with Crippen LogP contribution in [0, 0.1) is 0 Å². The molecular weight excluding hydrogens is 242 g/mol. The first-order valence-corrected chi connectivity index (χ1v) is 6.57. The Bertz CT molecular complexity index is 383. The van der Waals surface area contributed by atoms with Crippen molar-refractivity contribution >= 4 is 5.82 Å². The van der Waals surface area contributed by atoms with E-state index < -0.39 is 0 Å². The van der Waals surface area contributed by atoms with Crippen LogP contribution in [0.1, 0.15) is 31.0 Å². The van der Waals surface area contributed by atoms with Gasteiger partial charge in [0.25, 0.3) is 0 Å². The Hall–Kier alpha value is -1.17. The maximum absolute atomic E-state index is 5.72. The smallest absolute Gasteiger partial charge is 0.126 e. The molecule has 5 heteroatoms. The van der Waals surface area contributed by atoms with Crippen LogP contribution in [0.15, 0.2) is 12.1 Å². The third kappa shape index (κ3) is 5.14. The third-order valence-electron chi connectivity index (χ3n) is 2.93. The highest BCUT2D eigenvalue weighted by atomic mass is 16.5. The molecule has 0 saturated carbocycles. The fourth-order valence-electron chi connectivity index (χ4n) is 1.73. The van der Waals surface area contributed by atoms with Crippen LogP contribution in [0.3, 0.4) is 0 Å². The lowest BCUT2D eigenvalue weighted by Crippen LogP contribution is -2.27. The Morgan fingerprint density at radius 3 is 2.58 bits per heavy atom. The van der Waals surface area contributed by atoms with Crippen molar-refractivity contribution in [2.75, 3.05) is 32.7 Å². The molecule has 0 spiro atoms. The minimum Gasteiger partial charge on any atom is -0.382 e. The Morgan fingerprint density at radius 2 is 2.05 bits per heavy atom. The van der Waals surface area contributed by atoms with Gasteiger partial charge in [0.15, 0.2) is 0 Å². The van der Waals surface area contributed by atoms with Crippen molar-refractivity contribution in [2.45, 2.75) is 32.4 Å². The van der Waals surface area contributed by atoms with Crippen molar-refractivity contribution in [3.05, 3.63) is 23.4 Å². The summed E-state index contributed by atoms with van der Waals surface area (Å²) in [6.45, 7) is 5.97. The van der Waals surface area contributed by atoms with Crippen LogP contribution < -0.4 is 11.1 Å². The summed E-state index contributed by atoms with van der Waals surface area (Å²) in [6.07, 6.45) is 0.0100. The van der Waals surface area contributed by atoms with E-state index in [0.717, 1.165) is 17.1 Å². The van der Waals surface area contributed by atoms with E-state index in [2.05, 4.69) is 30.2 Å². The van der Waals surface area contributed by atoms with Gasteiger partial charge in [-0.15, -0.1) is 0 Å². The number of rotatable bonds is 8. The summed E-state index contributed by atoms with van der Waals surface area (Å²) >= 11 is 0. The van der Waals surface area contributed by atoms with E-state index in [1.54, 1.807) is 14.2 Å². The number of anilines is 1. The summed E-state index contributed by atoms with van der Waals surface area (Å²) in [7, 11) is 3.34. The van der Waals surface area contributed by atoms with Crippen molar-refractivity contribution in [1.82, 2.24) is 4.98 Å². The van der Waals surface area contributed by atoms with Gasteiger partial charge in [0.2, 0.25) is 0 Å². The molecule has 0 bridgehead atoms. The molecule has 19 heavy (non-hydrogen) atoms. The second kappa shape index (κ2) is 8.09. The van der Waals surface area contributed by atoms with Gasteiger partial charge in [-0.25, -0.2) is 4.98 Å². The number of aromatic nitrogens is 1. The number of hydrogen-bond acceptors (Lipinski definition) is 5. The molecule has 0 aliphatic heterocycles. The van der Waals surface area contributed by atoms with E-state index in [1.165, 1.54) is 0 Å². The van der Waals surface area contributed by atoms with E-state index in [1.807, 2.05) is 6.07 Å². The molecule has 0 aliphatic carbocycles. The van der Waals surface area contributed by atoms with E-state index in [4.69, 9.17) is 15.2 Å². The van der Waals surface area contributed by atoms with Gasteiger partial charge < -0.3 is 20.5 Å². The average molecular weight is 267 g/mol. The van der Waals surface area contributed by atoms with Crippen LogP contribution in [-0.2, 0) is 16.0 Å². The van der Waals surface area contributed by atoms with E-state index in [-0.39, 0.29) is 6.10 Å². The zero-order valence-corrected chi connectivity index (χ0v) is 12.3. The monoisotopic (exact) mass is 267 g/mol. The van der Waals surface area contributed by atoms with Crippen LogP contribution in [0.5, 0.6) is 0 Å². The number of nitrogens with zero attached hydrogens (tertiary/aromatic N) is 1. The normalized spacial score (nSPS) is 12.7. The molecule has 0 fully saturated rings. The topological polar surface area (TPSA) is 69.4 Å². The van der Waals surface area contributed by atoms with Crippen LogP contribution in [0.4, 0.5) is 5.82 Å². The first kappa shape index (κ1) is 15.9. The number of ether oxygens (including phenoxy) is 2. The largest absolute Gasteiger partial charge is 0.382 e. The quantitative estimate of drug-likeness (QED) is 0.751. The fraction of sp³-hybridized carbons (Fsp3) is 0.643. The number of nitrogens with one attached hydrogen (secondary N) is 1. The summed E-state index contributed by atoms with van der Waals surface area (Å²) in [5.74, 6) is 1.22. The molecule has 0 aromatic carbocycles. The van der Waals surface area contributed by atoms with E-state index in [9.17, 15) is 0 Å². The minimum atomic E-state index is 0.0100. The lowest BCUT2D eigenvalue weighted by Gasteiger charge is -2.17. The maximum Gasteiger partial charge on any atom is 0.126 e. The van der Waals surface area contributed by atoms with Crippen LogP contribution >= 0.6 is 0 Å². The first-order valence-electron chi connectivity index (χ1n) is 6.57. The SMILES string of the molecule is COCC(CNc1cc(CN)cc(C(C)C)n1)OC. The third-order valence-corrected chi connectivity index (χ3v) is 2.93. The van der Waals surface area contributed by atoms with Gasteiger partial charge in [0.1, 0.15) is 5.82 Å².